The molecule has 2 amide bonds. The van der Waals surface area contributed by atoms with Crippen LogP contribution in [0.1, 0.15) is 43.7 Å². The van der Waals surface area contributed by atoms with Crippen molar-refractivity contribution >= 4 is 62.3 Å². The van der Waals surface area contributed by atoms with Crippen molar-refractivity contribution in [2.75, 3.05) is 10.8 Å². The first-order chi connectivity index (χ1) is 19.5. The van der Waals surface area contributed by atoms with Gasteiger partial charge in [0.05, 0.1) is 20.6 Å². The molecule has 1 aliphatic rings. The predicted molar refractivity (Wildman–Crippen MR) is 164 cm³/mol. The molecule has 0 bridgehead atoms. The third kappa shape index (κ3) is 7.55. The number of hydrogen-bond acceptors (Lipinski definition) is 4. The van der Waals surface area contributed by atoms with E-state index in [2.05, 4.69) is 5.32 Å². The van der Waals surface area contributed by atoms with Crippen LogP contribution >= 0.6 is 34.8 Å². The maximum atomic E-state index is 14.0. The molecule has 0 heterocycles. The number of benzene rings is 3. The topological polar surface area (TPSA) is 86.8 Å². The van der Waals surface area contributed by atoms with E-state index in [4.69, 9.17) is 34.8 Å². The van der Waals surface area contributed by atoms with Gasteiger partial charge in [-0.2, -0.15) is 0 Å². The molecule has 0 unspecified atom stereocenters. The van der Waals surface area contributed by atoms with Gasteiger partial charge in [0.1, 0.15) is 12.6 Å². The highest BCUT2D eigenvalue weighted by Crippen LogP contribution is 2.31. The van der Waals surface area contributed by atoms with Crippen LogP contribution in [-0.2, 0) is 26.2 Å². The van der Waals surface area contributed by atoms with Crippen LogP contribution in [0.5, 0.6) is 0 Å². The maximum Gasteiger partial charge on any atom is 0.264 e. The summed E-state index contributed by atoms with van der Waals surface area (Å²) in [6.45, 7) is 2.91. The van der Waals surface area contributed by atoms with Gasteiger partial charge in [0.25, 0.3) is 10.0 Å². The van der Waals surface area contributed by atoms with Gasteiger partial charge < -0.3 is 10.2 Å². The van der Waals surface area contributed by atoms with Gasteiger partial charge in [-0.1, -0.05) is 83.5 Å². The van der Waals surface area contributed by atoms with E-state index in [1.807, 2.05) is 6.92 Å². The average molecular weight is 637 g/mol. The van der Waals surface area contributed by atoms with Gasteiger partial charge in [0.2, 0.25) is 11.8 Å². The van der Waals surface area contributed by atoms with Gasteiger partial charge in [-0.25, -0.2) is 8.42 Å². The Balaban J connectivity index is 1.71. The van der Waals surface area contributed by atoms with E-state index in [1.165, 1.54) is 35.2 Å². The molecule has 1 aliphatic carbocycles. The Morgan fingerprint density at radius 3 is 2.22 bits per heavy atom. The zero-order valence-corrected chi connectivity index (χ0v) is 25.9. The van der Waals surface area contributed by atoms with E-state index in [0.717, 1.165) is 35.6 Å². The Morgan fingerprint density at radius 1 is 0.927 bits per heavy atom. The van der Waals surface area contributed by atoms with E-state index in [9.17, 15) is 18.0 Å². The molecule has 1 atom stereocenters. The standard InChI is InChI=1S/C30H32Cl3N3O4S/c1-20-11-14-25(15-12-20)41(39,40)36(24-13-16-27(32)28(33)17-24)19-29(37)35(18-22-7-3-6-10-26(22)31)21(2)30(38)34-23-8-4-5-9-23/h3,6-7,10-17,21,23H,4-5,8-9,18-19H2,1-2H3,(H,34,38)/t21-/m0/s1. The third-order valence-corrected chi connectivity index (χ3v) is 10.1. The fraction of sp³-hybridized carbons (Fsp3) is 0.333. The Hall–Kier alpha value is -2.78. The average Bonchev–Trinajstić information content (AvgIpc) is 3.45. The summed E-state index contributed by atoms with van der Waals surface area (Å²) in [6, 6.07) is 16.9. The number of amides is 2. The molecule has 4 rings (SSSR count). The summed E-state index contributed by atoms with van der Waals surface area (Å²) in [7, 11) is -4.22. The summed E-state index contributed by atoms with van der Waals surface area (Å²) >= 11 is 18.8. The number of nitrogens with zero attached hydrogens (tertiary/aromatic N) is 2. The highest BCUT2D eigenvalue weighted by atomic mass is 35.5. The number of nitrogens with one attached hydrogen (secondary N) is 1. The molecule has 1 fully saturated rings. The number of aryl methyl sites for hydroxylation is 1. The normalized spacial score (nSPS) is 14.5. The highest BCUT2D eigenvalue weighted by molar-refractivity contribution is 7.92. The van der Waals surface area contributed by atoms with Gasteiger partial charge in [0.15, 0.2) is 0 Å². The van der Waals surface area contributed by atoms with Crippen molar-refractivity contribution in [2.45, 2.75) is 63.1 Å². The van der Waals surface area contributed by atoms with E-state index >= 15 is 0 Å². The molecular weight excluding hydrogens is 605 g/mol. The van der Waals surface area contributed by atoms with Gasteiger partial charge in [-0.15, -0.1) is 0 Å². The monoisotopic (exact) mass is 635 g/mol. The van der Waals surface area contributed by atoms with Crippen molar-refractivity contribution in [2.24, 2.45) is 0 Å². The molecule has 0 aliphatic heterocycles. The minimum atomic E-state index is -4.22. The molecule has 0 radical (unpaired) electrons. The molecule has 218 valence electrons. The number of hydrogen-bond donors (Lipinski definition) is 1. The quantitative estimate of drug-likeness (QED) is 0.271. The summed E-state index contributed by atoms with van der Waals surface area (Å²) in [5.74, 6) is -0.888. The molecule has 41 heavy (non-hydrogen) atoms. The summed E-state index contributed by atoms with van der Waals surface area (Å²) in [5, 5.41) is 3.86. The molecule has 3 aromatic carbocycles. The van der Waals surface area contributed by atoms with E-state index in [0.29, 0.717) is 10.6 Å². The number of anilines is 1. The van der Waals surface area contributed by atoms with Crippen molar-refractivity contribution in [1.82, 2.24) is 10.2 Å². The second kappa shape index (κ2) is 13.5. The number of halogens is 3. The Labute approximate surface area is 256 Å². The van der Waals surface area contributed by atoms with Crippen LogP contribution in [0.3, 0.4) is 0 Å². The van der Waals surface area contributed by atoms with E-state index < -0.39 is 28.5 Å². The second-order valence-corrected chi connectivity index (χ2v) is 13.3. The smallest absolute Gasteiger partial charge is 0.264 e. The molecule has 1 N–H and O–H groups in total. The molecule has 0 spiro atoms. The van der Waals surface area contributed by atoms with Crippen LogP contribution in [0, 0.1) is 6.92 Å². The summed E-state index contributed by atoms with van der Waals surface area (Å²) < 4.78 is 28.8. The minimum Gasteiger partial charge on any atom is -0.352 e. The van der Waals surface area contributed by atoms with E-state index in [-0.39, 0.29) is 39.1 Å². The molecular formula is C30H32Cl3N3O4S. The van der Waals surface area contributed by atoms with Crippen molar-refractivity contribution in [3.8, 4) is 0 Å². The summed E-state index contributed by atoms with van der Waals surface area (Å²) in [4.78, 5) is 28.7. The first-order valence-corrected chi connectivity index (χ1v) is 15.9. The van der Waals surface area contributed by atoms with Crippen LogP contribution in [0.25, 0.3) is 0 Å². The first-order valence-electron chi connectivity index (χ1n) is 13.3. The predicted octanol–water partition coefficient (Wildman–Crippen LogP) is 6.63. The Morgan fingerprint density at radius 2 is 1.59 bits per heavy atom. The number of carbonyl (C=O) groups excluding carboxylic acids is 2. The van der Waals surface area contributed by atoms with Crippen LogP contribution in [0.15, 0.2) is 71.6 Å². The van der Waals surface area contributed by atoms with Gasteiger partial charge in [0, 0.05) is 17.6 Å². The van der Waals surface area contributed by atoms with Gasteiger partial charge >= 0.3 is 0 Å². The summed E-state index contributed by atoms with van der Waals surface area (Å²) in [5.41, 5.74) is 1.67. The Bertz CT molecular complexity index is 1510. The van der Waals surface area contributed by atoms with Crippen molar-refractivity contribution in [3.05, 3.63) is 92.9 Å². The SMILES string of the molecule is Cc1ccc(S(=O)(=O)N(CC(=O)N(Cc2ccccc2Cl)[C@@H](C)C(=O)NC2CCCC2)c2ccc(Cl)c(Cl)c2)cc1. The molecule has 0 saturated heterocycles. The lowest BCUT2D eigenvalue weighted by Gasteiger charge is -2.32. The third-order valence-electron chi connectivity index (χ3n) is 7.25. The molecule has 3 aromatic rings. The number of rotatable bonds is 10. The van der Waals surface area contributed by atoms with Gasteiger partial charge in [-0.05, 0) is 68.7 Å². The Kier molecular flexibility index (Phi) is 10.2. The summed E-state index contributed by atoms with van der Waals surface area (Å²) in [6.07, 6.45) is 3.85. The largest absolute Gasteiger partial charge is 0.352 e. The number of sulfonamides is 1. The van der Waals surface area contributed by atoms with Crippen molar-refractivity contribution in [1.29, 1.82) is 0 Å². The van der Waals surface area contributed by atoms with Crippen molar-refractivity contribution in [3.63, 3.8) is 0 Å². The van der Waals surface area contributed by atoms with Crippen LogP contribution in [0.4, 0.5) is 5.69 Å². The maximum absolute atomic E-state index is 14.0. The highest BCUT2D eigenvalue weighted by Gasteiger charge is 2.33. The lowest BCUT2D eigenvalue weighted by molar-refractivity contribution is -0.139. The molecule has 1 saturated carbocycles. The van der Waals surface area contributed by atoms with E-state index in [1.54, 1.807) is 43.3 Å². The molecule has 7 nitrogen and oxygen atoms in total. The zero-order valence-electron chi connectivity index (χ0n) is 22.8. The molecule has 11 heteroatoms. The van der Waals surface area contributed by atoms with Crippen LogP contribution < -0.4 is 9.62 Å². The zero-order chi connectivity index (χ0) is 29.7. The first kappa shape index (κ1) is 31.2. The minimum absolute atomic E-state index is 0.00616. The van der Waals surface area contributed by atoms with Crippen LogP contribution in [0.2, 0.25) is 15.1 Å². The lowest BCUT2D eigenvalue weighted by atomic mass is 10.1. The number of carbonyl (C=O) groups is 2. The van der Waals surface area contributed by atoms with Gasteiger partial charge in [-0.3, -0.25) is 13.9 Å². The molecule has 0 aromatic heterocycles. The van der Waals surface area contributed by atoms with Crippen molar-refractivity contribution < 1.29 is 18.0 Å². The second-order valence-electron chi connectivity index (χ2n) is 10.2. The fourth-order valence-corrected chi connectivity index (χ4v) is 6.68. The van der Waals surface area contributed by atoms with Crippen LogP contribution in [-0.4, -0.2) is 43.8 Å². The lowest BCUT2D eigenvalue weighted by Crippen LogP contribution is -2.52. The fourth-order valence-electron chi connectivity index (χ4n) is 4.79.